The standard InChI is InChI=1S/C23H31NO2/c1-8-24(16-9-11-17(25)12-10-16)19-13-18-21(26-14-23(18,6)7)20(15(19)2)22(3,4)5/h9-13,25H,8,14H2,1-7H3. The second-order valence-electron chi connectivity index (χ2n) is 8.96. The van der Waals surface area contributed by atoms with Crippen LogP contribution in [0.15, 0.2) is 30.3 Å². The molecular weight excluding hydrogens is 322 g/mol. The Morgan fingerprint density at radius 1 is 1.15 bits per heavy atom. The van der Waals surface area contributed by atoms with Crippen molar-refractivity contribution in [2.45, 2.75) is 59.3 Å². The number of anilines is 2. The molecule has 1 aliphatic rings. The van der Waals surface area contributed by atoms with Crippen LogP contribution in [-0.4, -0.2) is 18.3 Å². The van der Waals surface area contributed by atoms with Crippen molar-refractivity contribution >= 4 is 11.4 Å². The van der Waals surface area contributed by atoms with Crippen LogP contribution < -0.4 is 9.64 Å². The average molecular weight is 354 g/mol. The van der Waals surface area contributed by atoms with Crippen LogP contribution in [-0.2, 0) is 10.8 Å². The van der Waals surface area contributed by atoms with Gasteiger partial charge in [-0.1, -0.05) is 34.6 Å². The largest absolute Gasteiger partial charge is 0.508 e. The molecule has 0 fully saturated rings. The Kier molecular flexibility index (Phi) is 4.46. The molecule has 0 aliphatic carbocycles. The minimum absolute atomic E-state index is 0.00103. The molecule has 1 heterocycles. The smallest absolute Gasteiger partial charge is 0.127 e. The fourth-order valence-electron chi connectivity index (χ4n) is 4.03. The van der Waals surface area contributed by atoms with Gasteiger partial charge in [-0.25, -0.2) is 0 Å². The fourth-order valence-corrected chi connectivity index (χ4v) is 4.03. The number of nitrogens with zero attached hydrogens (tertiary/aromatic N) is 1. The van der Waals surface area contributed by atoms with Crippen molar-refractivity contribution in [2.24, 2.45) is 0 Å². The molecule has 0 saturated carbocycles. The first-order chi connectivity index (χ1) is 12.1. The number of phenolic OH excluding ortho intramolecular Hbond substituents is 1. The summed E-state index contributed by atoms with van der Waals surface area (Å²) in [6, 6.07) is 9.76. The highest BCUT2D eigenvalue weighted by atomic mass is 16.5. The molecule has 0 atom stereocenters. The fraction of sp³-hybridized carbons (Fsp3) is 0.478. The highest BCUT2D eigenvalue weighted by Gasteiger charge is 2.38. The highest BCUT2D eigenvalue weighted by molar-refractivity contribution is 5.73. The molecule has 0 radical (unpaired) electrons. The molecule has 3 heteroatoms. The molecule has 0 unspecified atom stereocenters. The summed E-state index contributed by atoms with van der Waals surface area (Å²) in [5.74, 6) is 1.37. The van der Waals surface area contributed by atoms with E-state index in [4.69, 9.17) is 4.74 Å². The summed E-state index contributed by atoms with van der Waals surface area (Å²) in [5, 5.41) is 9.65. The lowest BCUT2D eigenvalue weighted by Crippen LogP contribution is -2.22. The van der Waals surface area contributed by atoms with E-state index in [0.717, 1.165) is 24.6 Å². The molecule has 0 bridgehead atoms. The molecule has 2 aromatic rings. The number of benzene rings is 2. The van der Waals surface area contributed by atoms with Gasteiger partial charge in [-0.3, -0.25) is 0 Å². The third-order valence-electron chi connectivity index (χ3n) is 5.34. The number of phenols is 1. The number of fused-ring (bicyclic) bond motifs is 1. The van der Waals surface area contributed by atoms with Crippen molar-refractivity contribution in [1.82, 2.24) is 0 Å². The molecule has 140 valence electrons. The van der Waals surface area contributed by atoms with Crippen LogP contribution >= 0.6 is 0 Å². The van der Waals surface area contributed by atoms with E-state index in [0.29, 0.717) is 5.75 Å². The van der Waals surface area contributed by atoms with E-state index in [2.05, 4.69) is 59.4 Å². The zero-order valence-corrected chi connectivity index (χ0v) is 17.1. The summed E-state index contributed by atoms with van der Waals surface area (Å²) in [7, 11) is 0. The maximum Gasteiger partial charge on any atom is 0.127 e. The maximum atomic E-state index is 9.65. The molecule has 0 saturated heterocycles. The van der Waals surface area contributed by atoms with Crippen molar-refractivity contribution < 1.29 is 9.84 Å². The van der Waals surface area contributed by atoms with Crippen molar-refractivity contribution in [3.05, 3.63) is 47.0 Å². The minimum Gasteiger partial charge on any atom is -0.508 e. The van der Waals surface area contributed by atoms with E-state index in [1.165, 1.54) is 22.4 Å². The Bertz CT molecular complexity index is 814. The molecule has 1 aliphatic heterocycles. The summed E-state index contributed by atoms with van der Waals surface area (Å²) < 4.78 is 6.19. The van der Waals surface area contributed by atoms with Gasteiger partial charge in [-0.15, -0.1) is 0 Å². The Morgan fingerprint density at radius 2 is 1.77 bits per heavy atom. The molecule has 0 aromatic heterocycles. The van der Waals surface area contributed by atoms with E-state index >= 15 is 0 Å². The van der Waals surface area contributed by atoms with Crippen LogP contribution in [0.25, 0.3) is 0 Å². The van der Waals surface area contributed by atoms with Crippen LogP contribution in [0.4, 0.5) is 11.4 Å². The van der Waals surface area contributed by atoms with E-state index in [-0.39, 0.29) is 10.8 Å². The molecule has 0 amide bonds. The topological polar surface area (TPSA) is 32.7 Å². The van der Waals surface area contributed by atoms with E-state index in [1.807, 2.05) is 12.1 Å². The van der Waals surface area contributed by atoms with Crippen LogP contribution in [0, 0.1) is 6.92 Å². The molecule has 3 nitrogen and oxygen atoms in total. The lowest BCUT2D eigenvalue weighted by Gasteiger charge is -2.32. The van der Waals surface area contributed by atoms with Gasteiger partial charge in [0.05, 0.1) is 6.61 Å². The number of rotatable bonds is 3. The second kappa shape index (κ2) is 6.22. The van der Waals surface area contributed by atoms with Gasteiger partial charge in [0.1, 0.15) is 11.5 Å². The van der Waals surface area contributed by atoms with Gasteiger partial charge >= 0.3 is 0 Å². The number of ether oxygens (including phenoxy) is 1. The Morgan fingerprint density at radius 3 is 2.31 bits per heavy atom. The Balaban J connectivity index is 2.26. The molecule has 0 spiro atoms. The Labute approximate surface area is 157 Å². The Hall–Kier alpha value is -2.16. The minimum atomic E-state index is -0.00103. The van der Waals surface area contributed by atoms with E-state index in [1.54, 1.807) is 12.1 Å². The summed E-state index contributed by atoms with van der Waals surface area (Å²) in [5.41, 5.74) is 6.17. The summed E-state index contributed by atoms with van der Waals surface area (Å²) in [6.07, 6.45) is 0. The third-order valence-corrected chi connectivity index (χ3v) is 5.34. The molecule has 2 aromatic carbocycles. The van der Waals surface area contributed by atoms with Gasteiger partial charge < -0.3 is 14.7 Å². The molecular formula is C23H31NO2. The van der Waals surface area contributed by atoms with Crippen molar-refractivity contribution in [3.63, 3.8) is 0 Å². The van der Waals surface area contributed by atoms with Gasteiger partial charge in [0.25, 0.3) is 0 Å². The van der Waals surface area contributed by atoms with Gasteiger partial charge in [0.2, 0.25) is 0 Å². The quantitative estimate of drug-likeness (QED) is 0.754. The van der Waals surface area contributed by atoms with Gasteiger partial charge in [0, 0.05) is 34.5 Å². The van der Waals surface area contributed by atoms with Gasteiger partial charge in [-0.05, 0) is 55.2 Å². The van der Waals surface area contributed by atoms with Crippen molar-refractivity contribution in [2.75, 3.05) is 18.1 Å². The van der Waals surface area contributed by atoms with Crippen LogP contribution in [0.5, 0.6) is 11.5 Å². The number of hydrogen-bond donors (Lipinski definition) is 1. The molecule has 26 heavy (non-hydrogen) atoms. The van der Waals surface area contributed by atoms with E-state index in [9.17, 15) is 5.11 Å². The first-order valence-corrected chi connectivity index (χ1v) is 9.44. The molecule has 1 N–H and O–H groups in total. The summed E-state index contributed by atoms with van der Waals surface area (Å²) in [6.45, 7) is 17.2. The summed E-state index contributed by atoms with van der Waals surface area (Å²) >= 11 is 0. The first kappa shape index (κ1) is 18.6. The van der Waals surface area contributed by atoms with Gasteiger partial charge in [0.15, 0.2) is 0 Å². The summed E-state index contributed by atoms with van der Waals surface area (Å²) in [4.78, 5) is 2.32. The monoisotopic (exact) mass is 353 g/mol. The van der Waals surface area contributed by atoms with Crippen molar-refractivity contribution in [3.8, 4) is 11.5 Å². The van der Waals surface area contributed by atoms with Crippen LogP contribution in [0.1, 0.15) is 58.2 Å². The average Bonchev–Trinajstić information content (AvgIpc) is 2.84. The zero-order valence-electron chi connectivity index (χ0n) is 17.1. The highest BCUT2D eigenvalue weighted by Crippen LogP contribution is 2.49. The van der Waals surface area contributed by atoms with Crippen LogP contribution in [0.3, 0.4) is 0 Å². The second-order valence-corrected chi connectivity index (χ2v) is 8.96. The molecule has 3 rings (SSSR count). The predicted octanol–water partition coefficient (Wildman–Crippen LogP) is 5.83. The number of hydrogen-bond acceptors (Lipinski definition) is 3. The predicted molar refractivity (Wildman–Crippen MR) is 109 cm³/mol. The van der Waals surface area contributed by atoms with Gasteiger partial charge in [-0.2, -0.15) is 0 Å². The SMILES string of the molecule is CCN(c1ccc(O)cc1)c1cc2c(c(C(C)(C)C)c1C)OCC2(C)C. The van der Waals surface area contributed by atoms with Crippen molar-refractivity contribution in [1.29, 1.82) is 0 Å². The van der Waals surface area contributed by atoms with E-state index < -0.39 is 0 Å². The normalized spacial score (nSPS) is 15.5. The lowest BCUT2D eigenvalue weighted by atomic mass is 9.77. The third kappa shape index (κ3) is 3.04. The first-order valence-electron chi connectivity index (χ1n) is 9.44. The maximum absolute atomic E-state index is 9.65. The lowest BCUT2D eigenvalue weighted by molar-refractivity contribution is 0.286. The number of aromatic hydroxyl groups is 1. The zero-order chi connectivity index (χ0) is 19.3. The van der Waals surface area contributed by atoms with Crippen LogP contribution in [0.2, 0.25) is 0 Å².